The van der Waals surface area contributed by atoms with Crippen molar-refractivity contribution in [3.63, 3.8) is 0 Å². The molecule has 2 heterocycles. The predicted octanol–water partition coefficient (Wildman–Crippen LogP) is 1.63. The monoisotopic (exact) mass is 271 g/mol. The van der Waals surface area contributed by atoms with Crippen molar-refractivity contribution in [1.82, 2.24) is 9.80 Å². The molecule has 4 heteroatoms. The van der Waals surface area contributed by atoms with Crippen LogP contribution in [0.3, 0.4) is 0 Å². The lowest BCUT2D eigenvalue weighted by Crippen LogP contribution is -2.61. The largest absolute Gasteiger partial charge is 0.329 e. The van der Waals surface area contributed by atoms with E-state index in [0.29, 0.717) is 12.1 Å². The van der Waals surface area contributed by atoms with Crippen molar-refractivity contribution in [1.29, 1.82) is 0 Å². The molecule has 2 rings (SSSR count). The Morgan fingerprint density at radius 3 is 2.89 bits per heavy atom. The molecule has 2 aliphatic heterocycles. The van der Waals surface area contributed by atoms with Gasteiger partial charge in [0.15, 0.2) is 0 Å². The highest BCUT2D eigenvalue weighted by atomic mass is 32.2. The third-order valence-electron chi connectivity index (χ3n) is 5.25. The Hall–Kier alpha value is 0.230. The number of nitrogens with zero attached hydrogens (tertiary/aromatic N) is 2. The van der Waals surface area contributed by atoms with Crippen molar-refractivity contribution in [2.24, 2.45) is 5.73 Å². The maximum absolute atomic E-state index is 6.24. The zero-order chi connectivity index (χ0) is 13.2. The minimum absolute atomic E-state index is 0.243. The Labute approximate surface area is 116 Å². The number of thioether (sulfide) groups is 1. The molecule has 18 heavy (non-hydrogen) atoms. The summed E-state index contributed by atoms with van der Waals surface area (Å²) in [6.45, 7) is 5.67. The van der Waals surface area contributed by atoms with Gasteiger partial charge in [0, 0.05) is 36.5 Å². The smallest absolute Gasteiger partial charge is 0.0499 e. The Bertz CT molecular complexity index is 274. The van der Waals surface area contributed by atoms with Gasteiger partial charge in [-0.1, -0.05) is 6.92 Å². The first kappa shape index (κ1) is 14.6. The number of hydrogen-bond donors (Lipinski definition) is 1. The number of likely N-dealkylation sites (N-methyl/N-ethyl adjacent to an activating group) is 1. The van der Waals surface area contributed by atoms with Crippen molar-refractivity contribution in [2.75, 3.05) is 38.7 Å². The zero-order valence-electron chi connectivity index (χ0n) is 12.2. The van der Waals surface area contributed by atoms with Crippen LogP contribution in [0.25, 0.3) is 0 Å². The number of nitrogens with two attached hydrogens (primary N) is 1. The zero-order valence-corrected chi connectivity index (χ0v) is 13.0. The quantitative estimate of drug-likeness (QED) is 0.796. The molecule has 0 amide bonds. The molecule has 0 aromatic heterocycles. The van der Waals surface area contributed by atoms with Gasteiger partial charge < -0.3 is 5.73 Å². The molecule has 0 aliphatic carbocycles. The van der Waals surface area contributed by atoms with Crippen LogP contribution in [0.2, 0.25) is 0 Å². The molecule has 3 atom stereocenters. The third kappa shape index (κ3) is 2.33. The second-order valence-electron chi connectivity index (χ2n) is 5.88. The topological polar surface area (TPSA) is 32.5 Å². The lowest BCUT2D eigenvalue weighted by atomic mass is 9.85. The summed E-state index contributed by atoms with van der Waals surface area (Å²) < 4.78 is 0. The fourth-order valence-electron chi connectivity index (χ4n) is 4.06. The van der Waals surface area contributed by atoms with Gasteiger partial charge in [-0.2, -0.15) is 11.8 Å². The predicted molar refractivity (Wildman–Crippen MR) is 81.2 cm³/mol. The average molecular weight is 271 g/mol. The number of hydrogen-bond acceptors (Lipinski definition) is 4. The fourth-order valence-corrected chi connectivity index (χ4v) is 4.90. The molecule has 2 fully saturated rings. The Balaban J connectivity index is 2.15. The van der Waals surface area contributed by atoms with E-state index in [1.54, 1.807) is 0 Å². The fraction of sp³-hybridized carbons (Fsp3) is 1.00. The molecule has 0 radical (unpaired) electrons. The minimum atomic E-state index is 0.243. The first-order chi connectivity index (χ1) is 8.69. The summed E-state index contributed by atoms with van der Waals surface area (Å²) >= 11 is 1.96. The molecule has 0 spiro atoms. The van der Waals surface area contributed by atoms with E-state index < -0.39 is 0 Å². The van der Waals surface area contributed by atoms with Crippen molar-refractivity contribution in [2.45, 2.75) is 50.2 Å². The van der Waals surface area contributed by atoms with E-state index in [1.807, 2.05) is 11.8 Å². The lowest BCUT2D eigenvalue weighted by Gasteiger charge is -2.46. The molecule has 0 aromatic carbocycles. The van der Waals surface area contributed by atoms with Crippen LogP contribution in [-0.4, -0.2) is 66.1 Å². The number of rotatable bonds is 6. The van der Waals surface area contributed by atoms with Gasteiger partial charge in [0.1, 0.15) is 0 Å². The first-order valence-electron chi connectivity index (χ1n) is 7.35. The van der Waals surface area contributed by atoms with E-state index in [0.717, 1.165) is 6.54 Å². The second kappa shape index (κ2) is 6.12. The summed E-state index contributed by atoms with van der Waals surface area (Å²) in [5.74, 6) is 1.22. The molecule has 0 aromatic rings. The van der Waals surface area contributed by atoms with Crippen LogP contribution in [-0.2, 0) is 0 Å². The summed E-state index contributed by atoms with van der Waals surface area (Å²) in [7, 11) is 2.32. The van der Waals surface area contributed by atoms with Crippen LogP contribution in [0.5, 0.6) is 0 Å². The molecule has 2 saturated heterocycles. The highest BCUT2D eigenvalue weighted by Crippen LogP contribution is 2.40. The standard InChI is InChI=1S/C14H29N3S/c1-4-12(10-18-3)16(2)14(11-15)7-9-17-8-5-6-13(14)17/h12-13H,4-11,15H2,1-3H3. The van der Waals surface area contributed by atoms with E-state index in [1.165, 1.54) is 44.5 Å². The molecular weight excluding hydrogens is 242 g/mol. The Morgan fingerprint density at radius 1 is 1.50 bits per heavy atom. The van der Waals surface area contributed by atoms with Crippen molar-refractivity contribution in [3.05, 3.63) is 0 Å². The van der Waals surface area contributed by atoms with E-state index in [4.69, 9.17) is 5.73 Å². The minimum Gasteiger partial charge on any atom is -0.329 e. The molecular formula is C14H29N3S. The van der Waals surface area contributed by atoms with Crippen molar-refractivity contribution in [3.8, 4) is 0 Å². The van der Waals surface area contributed by atoms with Crippen molar-refractivity contribution >= 4 is 11.8 Å². The van der Waals surface area contributed by atoms with E-state index in [-0.39, 0.29) is 5.54 Å². The molecule has 2 aliphatic rings. The lowest BCUT2D eigenvalue weighted by molar-refractivity contribution is 0.0578. The van der Waals surface area contributed by atoms with Gasteiger partial charge in [-0.05, 0) is 45.5 Å². The van der Waals surface area contributed by atoms with Crippen LogP contribution in [0.15, 0.2) is 0 Å². The van der Waals surface area contributed by atoms with E-state index >= 15 is 0 Å². The third-order valence-corrected chi connectivity index (χ3v) is 5.97. The molecule has 3 nitrogen and oxygen atoms in total. The summed E-state index contributed by atoms with van der Waals surface area (Å²) in [5.41, 5.74) is 6.48. The van der Waals surface area contributed by atoms with Gasteiger partial charge in [-0.3, -0.25) is 9.80 Å². The molecule has 0 bridgehead atoms. The van der Waals surface area contributed by atoms with Gasteiger partial charge in [0.25, 0.3) is 0 Å². The summed E-state index contributed by atoms with van der Waals surface area (Å²) in [5, 5.41) is 0. The first-order valence-corrected chi connectivity index (χ1v) is 8.75. The highest BCUT2D eigenvalue weighted by molar-refractivity contribution is 7.98. The molecule has 2 N–H and O–H groups in total. The van der Waals surface area contributed by atoms with Crippen LogP contribution >= 0.6 is 11.8 Å². The summed E-state index contributed by atoms with van der Waals surface area (Å²) in [6.07, 6.45) is 7.40. The maximum atomic E-state index is 6.24. The molecule has 106 valence electrons. The van der Waals surface area contributed by atoms with Gasteiger partial charge in [-0.15, -0.1) is 0 Å². The van der Waals surface area contributed by atoms with Gasteiger partial charge in [-0.25, -0.2) is 0 Å². The maximum Gasteiger partial charge on any atom is 0.0499 e. The van der Waals surface area contributed by atoms with Crippen LogP contribution in [0.1, 0.15) is 32.6 Å². The van der Waals surface area contributed by atoms with Crippen LogP contribution in [0, 0.1) is 0 Å². The summed E-state index contributed by atoms with van der Waals surface area (Å²) in [4.78, 5) is 5.31. The SMILES string of the molecule is CCC(CSC)N(C)C1(CN)CCN2CCCC21. The van der Waals surface area contributed by atoms with E-state index in [9.17, 15) is 0 Å². The van der Waals surface area contributed by atoms with Crippen molar-refractivity contribution < 1.29 is 0 Å². The molecule has 0 saturated carbocycles. The van der Waals surface area contributed by atoms with Gasteiger partial charge in [0.2, 0.25) is 0 Å². The Morgan fingerprint density at radius 2 is 2.28 bits per heavy atom. The highest BCUT2D eigenvalue weighted by Gasteiger charge is 2.51. The Kier molecular flexibility index (Phi) is 4.98. The van der Waals surface area contributed by atoms with Crippen LogP contribution in [0.4, 0.5) is 0 Å². The van der Waals surface area contributed by atoms with Gasteiger partial charge >= 0.3 is 0 Å². The second-order valence-corrected chi connectivity index (χ2v) is 6.79. The number of fused-ring (bicyclic) bond motifs is 1. The van der Waals surface area contributed by atoms with Crippen LogP contribution < -0.4 is 5.73 Å². The summed E-state index contributed by atoms with van der Waals surface area (Å²) in [6, 6.07) is 1.38. The van der Waals surface area contributed by atoms with E-state index in [2.05, 4.69) is 30.0 Å². The average Bonchev–Trinajstić information content (AvgIpc) is 2.97. The molecule has 3 unspecified atom stereocenters. The normalized spacial score (nSPS) is 34.2. The van der Waals surface area contributed by atoms with Gasteiger partial charge in [0.05, 0.1) is 0 Å².